The summed E-state index contributed by atoms with van der Waals surface area (Å²) in [5, 5.41) is 9.76. The van der Waals surface area contributed by atoms with Gasteiger partial charge in [0.1, 0.15) is 0 Å². The van der Waals surface area contributed by atoms with Crippen LogP contribution in [0.4, 0.5) is 13.2 Å². The standard InChI is InChI=1S/C11H14F3NO/c1-2-3-7-10(16,11(12,13)14)9-6-4-5-8-15-9/h4-6,8,16H,2-3,7H2,1H3. The fourth-order valence-electron chi connectivity index (χ4n) is 1.46. The van der Waals surface area contributed by atoms with Crippen molar-refractivity contribution < 1.29 is 18.3 Å². The molecule has 90 valence electrons. The zero-order valence-electron chi connectivity index (χ0n) is 8.96. The van der Waals surface area contributed by atoms with Crippen molar-refractivity contribution in [2.45, 2.75) is 38.0 Å². The summed E-state index contributed by atoms with van der Waals surface area (Å²) in [6, 6.07) is 4.15. The molecule has 0 saturated heterocycles. The number of rotatable bonds is 4. The molecule has 0 aliphatic rings. The van der Waals surface area contributed by atoms with Crippen LogP contribution in [-0.4, -0.2) is 16.3 Å². The van der Waals surface area contributed by atoms with E-state index in [9.17, 15) is 18.3 Å². The van der Waals surface area contributed by atoms with E-state index in [2.05, 4.69) is 4.98 Å². The van der Waals surface area contributed by atoms with Gasteiger partial charge in [-0.05, 0) is 18.6 Å². The van der Waals surface area contributed by atoms with Crippen molar-refractivity contribution >= 4 is 0 Å². The van der Waals surface area contributed by atoms with Crippen LogP contribution in [0.15, 0.2) is 24.4 Å². The molecule has 16 heavy (non-hydrogen) atoms. The lowest BCUT2D eigenvalue weighted by Crippen LogP contribution is -2.42. The zero-order valence-corrected chi connectivity index (χ0v) is 8.96. The number of unbranched alkanes of at least 4 members (excludes halogenated alkanes) is 1. The normalized spacial score (nSPS) is 15.8. The van der Waals surface area contributed by atoms with Crippen LogP contribution < -0.4 is 0 Å². The maximum absolute atomic E-state index is 12.8. The number of alkyl halides is 3. The predicted molar refractivity (Wildman–Crippen MR) is 53.7 cm³/mol. The molecule has 2 nitrogen and oxygen atoms in total. The van der Waals surface area contributed by atoms with Crippen molar-refractivity contribution in [1.82, 2.24) is 4.98 Å². The highest BCUT2D eigenvalue weighted by atomic mass is 19.4. The zero-order chi connectivity index (χ0) is 12.2. The van der Waals surface area contributed by atoms with Crippen LogP contribution in [0.1, 0.15) is 31.9 Å². The van der Waals surface area contributed by atoms with Crippen molar-refractivity contribution in [3.05, 3.63) is 30.1 Å². The lowest BCUT2D eigenvalue weighted by Gasteiger charge is -2.29. The summed E-state index contributed by atoms with van der Waals surface area (Å²) in [6.07, 6.45) is -2.92. The van der Waals surface area contributed by atoms with Gasteiger partial charge >= 0.3 is 6.18 Å². The highest BCUT2D eigenvalue weighted by molar-refractivity contribution is 5.15. The number of halogens is 3. The Labute approximate surface area is 92.1 Å². The van der Waals surface area contributed by atoms with Crippen LogP contribution in [0.2, 0.25) is 0 Å². The molecule has 0 amide bonds. The van der Waals surface area contributed by atoms with Gasteiger partial charge < -0.3 is 5.11 Å². The van der Waals surface area contributed by atoms with Gasteiger partial charge in [-0.15, -0.1) is 0 Å². The lowest BCUT2D eigenvalue weighted by atomic mass is 9.92. The number of aromatic nitrogens is 1. The van der Waals surface area contributed by atoms with Crippen molar-refractivity contribution in [1.29, 1.82) is 0 Å². The monoisotopic (exact) mass is 233 g/mol. The molecule has 1 atom stereocenters. The van der Waals surface area contributed by atoms with E-state index in [1.807, 2.05) is 0 Å². The second-order valence-corrected chi connectivity index (χ2v) is 3.68. The summed E-state index contributed by atoms with van der Waals surface area (Å²) in [6.45, 7) is 1.77. The molecule has 0 aliphatic carbocycles. The van der Waals surface area contributed by atoms with E-state index in [0.29, 0.717) is 12.8 Å². The number of pyridine rings is 1. The van der Waals surface area contributed by atoms with Gasteiger partial charge in [0, 0.05) is 6.20 Å². The second kappa shape index (κ2) is 4.82. The lowest BCUT2D eigenvalue weighted by molar-refractivity contribution is -0.271. The second-order valence-electron chi connectivity index (χ2n) is 3.68. The summed E-state index contributed by atoms with van der Waals surface area (Å²) in [4.78, 5) is 3.60. The van der Waals surface area contributed by atoms with Gasteiger partial charge in [0.2, 0.25) is 5.60 Å². The minimum absolute atomic E-state index is 0.298. The topological polar surface area (TPSA) is 33.1 Å². The molecule has 1 heterocycles. The van der Waals surface area contributed by atoms with E-state index in [1.165, 1.54) is 24.4 Å². The van der Waals surface area contributed by atoms with Gasteiger partial charge in [0.15, 0.2) is 0 Å². The smallest absolute Gasteiger partial charge is 0.375 e. The summed E-state index contributed by atoms with van der Waals surface area (Å²) in [7, 11) is 0. The van der Waals surface area contributed by atoms with Crippen LogP contribution in [0.3, 0.4) is 0 Å². The van der Waals surface area contributed by atoms with Crippen molar-refractivity contribution in [3.8, 4) is 0 Å². The fraction of sp³-hybridized carbons (Fsp3) is 0.545. The molecule has 5 heteroatoms. The molecule has 0 aliphatic heterocycles. The van der Waals surface area contributed by atoms with Crippen molar-refractivity contribution in [2.24, 2.45) is 0 Å². The Morgan fingerprint density at radius 2 is 2.00 bits per heavy atom. The van der Waals surface area contributed by atoms with Gasteiger partial charge in [-0.25, -0.2) is 0 Å². The molecule has 1 N–H and O–H groups in total. The van der Waals surface area contributed by atoms with Crippen molar-refractivity contribution in [2.75, 3.05) is 0 Å². The molecule has 1 unspecified atom stereocenters. The fourth-order valence-corrected chi connectivity index (χ4v) is 1.46. The first kappa shape index (κ1) is 13.0. The van der Waals surface area contributed by atoms with E-state index in [4.69, 9.17) is 0 Å². The molecular weight excluding hydrogens is 219 g/mol. The van der Waals surface area contributed by atoms with Gasteiger partial charge in [0.25, 0.3) is 0 Å². The van der Waals surface area contributed by atoms with Gasteiger partial charge in [-0.3, -0.25) is 4.98 Å². The van der Waals surface area contributed by atoms with Crippen LogP contribution in [0, 0.1) is 0 Å². The SMILES string of the molecule is CCCCC(O)(c1ccccn1)C(F)(F)F. The van der Waals surface area contributed by atoms with E-state index in [1.54, 1.807) is 6.92 Å². The van der Waals surface area contributed by atoms with Crippen LogP contribution in [0.5, 0.6) is 0 Å². The summed E-state index contributed by atoms with van der Waals surface area (Å²) >= 11 is 0. The third-order valence-electron chi connectivity index (χ3n) is 2.45. The Morgan fingerprint density at radius 1 is 1.31 bits per heavy atom. The molecular formula is C11H14F3NO. The molecule has 0 fully saturated rings. The molecule has 0 spiro atoms. The average molecular weight is 233 g/mol. The third kappa shape index (κ3) is 2.52. The van der Waals surface area contributed by atoms with Crippen LogP contribution >= 0.6 is 0 Å². The molecule has 1 aromatic rings. The first-order chi connectivity index (χ1) is 7.42. The average Bonchev–Trinajstić information content (AvgIpc) is 2.25. The van der Waals surface area contributed by atoms with Crippen LogP contribution in [-0.2, 0) is 5.60 Å². The molecule has 0 saturated carbocycles. The van der Waals surface area contributed by atoms with E-state index < -0.39 is 11.8 Å². The Morgan fingerprint density at radius 3 is 2.44 bits per heavy atom. The number of aliphatic hydroxyl groups is 1. The van der Waals surface area contributed by atoms with E-state index >= 15 is 0 Å². The first-order valence-electron chi connectivity index (χ1n) is 5.12. The van der Waals surface area contributed by atoms with Gasteiger partial charge in [-0.2, -0.15) is 13.2 Å². The molecule has 1 rings (SSSR count). The maximum atomic E-state index is 12.8. The third-order valence-corrected chi connectivity index (χ3v) is 2.45. The molecule has 0 radical (unpaired) electrons. The highest BCUT2D eigenvalue weighted by Crippen LogP contribution is 2.41. The Hall–Kier alpha value is -1.10. The molecule has 0 bridgehead atoms. The molecule has 0 aromatic carbocycles. The predicted octanol–water partition coefficient (Wildman–Crippen LogP) is 3.02. The van der Waals surface area contributed by atoms with Crippen molar-refractivity contribution in [3.63, 3.8) is 0 Å². The Bertz CT molecular complexity index is 326. The largest absolute Gasteiger partial charge is 0.422 e. The first-order valence-corrected chi connectivity index (χ1v) is 5.12. The maximum Gasteiger partial charge on any atom is 0.422 e. The highest BCUT2D eigenvalue weighted by Gasteiger charge is 2.55. The quantitative estimate of drug-likeness (QED) is 0.867. The van der Waals surface area contributed by atoms with Gasteiger partial charge in [0.05, 0.1) is 5.69 Å². The summed E-state index contributed by atoms with van der Waals surface area (Å²) in [5.41, 5.74) is -3.17. The molecule has 1 aromatic heterocycles. The Balaban J connectivity index is 3.05. The number of nitrogens with zero attached hydrogens (tertiary/aromatic N) is 1. The van der Waals surface area contributed by atoms with E-state index in [-0.39, 0.29) is 12.1 Å². The van der Waals surface area contributed by atoms with E-state index in [0.717, 1.165) is 0 Å². The summed E-state index contributed by atoms with van der Waals surface area (Å²) < 4.78 is 38.5. The summed E-state index contributed by atoms with van der Waals surface area (Å²) in [5.74, 6) is 0. The Kier molecular flexibility index (Phi) is 3.91. The van der Waals surface area contributed by atoms with Crippen LogP contribution in [0.25, 0.3) is 0 Å². The minimum atomic E-state index is -4.70. The number of hydrogen-bond donors (Lipinski definition) is 1. The minimum Gasteiger partial charge on any atom is -0.375 e. The van der Waals surface area contributed by atoms with Gasteiger partial charge in [-0.1, -0.05) is 25.8 Å². The number of hydrogen-bond acceptors (Lipinski definition) is 2.